The van der Waals surface area contributed by atoms with Crippen LogP contribution in [0, 0.1) is 0 Å². The Bertz CT molecular complexity index is 1580. The van der Waals surface area contributed by atoms with Gasteiger partial charge in [0.05, 0.1) is 27.2 Å². The molecule has 0 bridgehead atoms. The Morgan fingerprint density at radius 2 is 1.24 bits per heavy atom. The third kappa shape index (κ3) is 4.14. The van der Waals surface area contributed by atoms with E-state index in [-0.39, 0.29) is 10.5 Å². The standard InChI is InChI=1S/C26H19N3O4S/c30-26(31)17-9-15-20(16-10-17)34(32,33)29-19-13-11-18(12-14-19)27-25-21-5-1-3-7-23(21)28-24-8-4-2-6-22(24)25/h1-16,29H,(H,27,28)(H,30,31). The fraction of sp³-hybridized carbons (Fsp3) is 0. The molecule has 0 radical (unpaired) electrons. The molecule has 0 spiro atoms. The predicted octanol–water partition coefficient (Wildman–Crippen LogP) is 5.63. The van der Waals surface area contributed by atoms with Gasteiger partial charge in [0, 0.05) is 22.1 Å². The molecule has 34 heavy (non-hydrogen) atoms. The van der Waals surface area contributed by atoms with E-state index in [9.17, 15) is 13.2 Å². The number of hydrogen-bond donors (Lipinski definition) is 3. The summed E-state index contributed by atoms with van der Waals surface area (Å²) < 4.78 is 27.9. The maximum absolute atomic E-state index is 12.7. The highest BCUT2D eigenvalue weighted by atomic mass is 32.2. The average Bonchev–Trinajstić information content (AvgIpc) is 2.85. The molecule has 3 N–H and O–H groups in total. The van der Waals surface area contributed by atoms with Crippen molar-refractivity contribution >= 4 is 54.9 Å². The molecule has 7 nitrogen and oxygen atoms in total. The number of sulfonamides is 1. The quantitative estimate of drug-likeness (QED) is 0.278. The maximum Gasteiger partial charge on any atom is 0.335 e. The van der Waals surface area contributed by atoms with Crippen molar-refractivity contribution in [1.82, 2.24) is 4.98 Å². The number of carbonyl (C=O) groups is 1. The van der Waals surface area contributed by atoms with Gasteiger partial charge in [-0.2, -0.15) is 0 Å². The summed E-state index contributed by atoms with van der Waals surface area (Å²) in [6, 6.07) is 27.7. The van der Waals surface area contributed by atoms with Gasteiger partial charge in [0.25, 0.3) is 10.0 Å². The van der Waals surface area contributed by atoms with Crippen molar-refractivity contribution in [2.75, 3.05) is 10.0 Å². The van der Waals surface area contributed by atoms with Gasteiger partial charge in [-0.3, -0.25) is 4.72 Å². The molecule has 1 heterocycles. The SMILES string of the molecule is O=C(O)c1ccc(S(=O)(=O)Nc2ccc(Nc3c4ccccc4nc4ccccc34)cc2)cc1. The maximum atomic E-state index is 12.7. The molecule has 5 rings (SSSR count). The Hall–Kier alpha value is -4.43. The van der Waals surface area contributed by atoms with Crippen molar-refractivity contribution < 1.29 is 18.3 Å². The summed E-state index contributed by atoms with van der Waals surface area (Å²) in [6.07, 6.45) is 0. The number of carboxylic acids is 1. The normalized spacial score (nSPS) is 11.4. The van der Waals surface area contributed by atoms with Crippen molar-refractivity contribution in [3.05, 3.63) is 103 Å². The number of aromatic carboxylic acids is 1. The highest BCUT2D eigenvalue weighted by molar-refractivity contribution is 7.92. The van der Waals surface area contributed by atoms with E-state index in [2.05, 4.69) is 10.0 Å². The average molecular weight is 470 g/mol. The zero-order valence-electron chi connectivity index (χ0n) is 17.8. The molecule has 0 aliphatic heterocycles. The first-order chi connectivity index (χ1) is 16.4. The van der Waals surface area contributed by atoms with Crippen molar-refractivity contribution in [3.8, 4) is 0 Å². The van der Waals surface area contributed by atoms with Gasteiger partial charge in [0.1, 0.15) is 0 Å². The van der Waals surface area contributed by atoms with Crippen LogP contribution in [0.2, 0.25) is 0 Å². The molecule has 5 aromatic rings. The summed E-state index contributed by atoms with van der Waals surface area (Å²) in [6.45, 7) is 0. The van der Waals surface area contributed by atoms with Crippen LogP contribution in [-0.4, -0.2) is 24.5 Å². The van der Waals surface area contributed by atoms with Crippen LogP contribution >= 0.6 is 0 Å². The largest absolute Gasteiger partial charge is 0.478 e. The number of rotatable bonds is 6. The number of anilines is 3. The zero-order valence-corrected chi connectivity index (χ0v) is 18.6. The number of para-hydroxylation sites is 2. The number of aromatic nitrogens is 1. The highest BCUT2D eigenvalue weighted by Crippen LogP contribution is 2.33. The van der Waals surface area contributed by atoms with E-state index in [1.165, 1.54) is 24.3 Å². The van der Waals surface area contributed by atoms with Crippen LogP contribution in [0.3, 0.4) is 0 Å². The number of nitrogens with one attached hydrogen (secondary N) is 2. The summed E-state index contributed by atoms with van der Waals surface area (Å²) in [7, 11) is -3.86. The van der Waals surface area contributed by atoms with Crippen molar-refractivity contribution in [3.63, 3.8) is 0 Å². The van der Waals surface area contributed by atoms with E-state index < -0.39 is 16.0 Å². The lowest BCUT2D eigenvalue weighted by Gasteiger charge is -2.14. The smallest absolute Gasteiger partial charge is 0.335 e. The third-order valence-electron chi connectivity index (χ3n) is 5.41. The van der Waals surface area contributed by atoms with Gasteiger partial charge in [-0.05, 0) is 60.7 Å². The predicted molar refractivity (Wildman–Crippen MR) is 133 cm³/mol. The molecule has 8 heteroatoms. The Morgan fingerprint density at radius 1 is 0.706 bits per heavy atom. The number of hydrogen-bond acceptors (Lipinski definition) is 5. The van der Waals surface area contributed by atoms with E-state index in [1.807, 2.05) is 48.5 Å². The monoisotopic (exact) mass is 469 g/mol. The van der Waals surface area contributed by atoms with Crippen molar-refractivity contribution in [2.45, 2.75) is 4.90 Å². The second-order valence-corrected chi connectivity index (χ2v) is 9.34. The topological polar surface area (TPSA) is 108 Å². The zero-order chi connectivity index (χ0) is 23.7. The molecule has 0 unspecified atom stereocenters. The lowest BCUT2D eigenvalue weighted by molar-refractivity contribution is 0.0696. The van der Waals surface area contributed by atoms with Gasteiger partial charge >= 0.3 is 5.97 Å². The van der Waals surface area contributed by atoms with Crippen LogP contribution in [0.1, 0.15) is 10.4 Å². The van der Waals surface area contributed by atoms with E-state index in [1.54, 1.807) is 24.3 Å². The van der Waals surface area contributed by atoms with Gasteiger partial charge in [-0.25, -0.2) is 18.2 Å². The van der Waals surface area contributed by atoms with Gasteiger partial charge in [0.2, 0.25) is 0 Å². The van der Waals surface area contributed by atoms with Gasteiger partial charge in [-0.15, -0.1) is 0 Å². The van der Waals surface area contributed by atoms with Crippen LogP contribution in [0.4, 0.5) is 17.1 Å². The van der Waals surface area contributed by atoms with E-state index >= 15 is 0 Å². The van der Waals surface area contributed by atoms with Gasteiger partial charge in [-0.1, -0.05) is 36.4 Å². The van der Waals surface area contributed by atoms with Crippen LogP contribution in [0.5, 0.6) is 0 Å². The van der Waals surface area contributed by atoms with Crippen LogP contribution in [-0.2, 0) is 10.0 Å². The Labute approximate surface area is 195 Å². The summed E-state index contributed by atoms with van der Waals surface area (Å²) in [5.74, 6) is -1.12. The summed E-state index contributed by atoms with van der Waals surface area (Å²) >= 11 is 0. The fourth-order valence-electron chi connectivity index (χ4n) is 3.73. The molecule has 0 aliphatic rings. The lowest BCUT2D eigenvalue weighted by Crippen LogP contribution is -2.13. The summed E-state index contributed by atoms with van der Waals surface area (Å²) in [5.41, 5.74) is 3.87. The van der Waals surface area contributed by atoms with Crippen LogP contribution in [0.15, 0.2) is 102 Å². The van der Waals surface area contributed by atoms with E-state index in [0.717, 1.165) is 33.2 Å². The fourth-order valence-corrected chi connectivity index (χ4v) is 4.79. The number of carboxylic acid groups (broad SMARTS) is 1. The molecule has 0 saturated carbocycles. The molecule has 1 aromatic heterocycles. The second kappa shape index (κ2) is 8.49. The van der Waals surface area contributed by atoms with Gasteiger partial charge in [0.15, 0.2) is 0 Å². The minimum atomic E-state index is -3.86. The van der Waals surface area contributed by atoms with Crippen LogP contribution < -0.4 is 10.0 Å². The minimum Gasteiger partial charge on any atom is -0.478 e. The van der Waals surface area contributed by atoms with Crippen molar-refractivity contribution in [1.29, 1.82) is 0 Å². The number of fused-ring (bicyclic) bond motifs is 2. The van der Waals surface area contributed by atoms with Crippen molar-refractivity contribution in [2.24, 2.45) is 0 Å². The van der Waals surface area contributed by atoms with Gasteiger partial charge < -0.3 is 10.4 Å². The highest BCUT2D eigenvalue weighted by Gasteiger charge is 2.15. The molecular weight excluding hydrogens is 450 g/mol. The second-order valence-electron chi connectivity index (χ2n) is 7.66. The van der Waals surface area contributed by atoms with E-state index in [0.29, 0.717) is 5.69 Å². The number of nitrogens with zero attached hydrogens (tertiary/aromatic N) is 1. The molecular formula is C26H19N3O4S. The number of pyridine rings is 1. The third-order valence-corrected chi connectivity index (χ3v) is 6.80. The first-order valence-corrected chi connectivity index (χ1v) is 11.9. The molecule has 0 fully saturated rings. The first-order valence-electron chi connectivity index (χ1n) is 10.4. The Morgan fingerprint density at radius 3 is 1.79 bits per heavy atom. The van der Waals surface area contributed by atoms with Crippen LogP contribution in [0.25, 0.3) is 21.8 Å². The first kappa shape index (κ1) is 21.4. The molecule has 0 amide bonds. The summed E-state index contributed by atoms with van der Waals surface area (Å²) in [4.78, 5) is 15.7. The summed E-state index contributed by atoms with van der Waals surface area (Å²) in [5, 5.41) is 14.4. The van der Waals surface area contributed by atoms with E-state index in [4.69, 9.17) is 10.1 Å². The lowest BCUT2D eigenvalue weighted by atomic mass is 10.1. The Balaban J connectivity index is 1.42. The molecule has 168 valence electrons. The molecule has 4 aromatic carbocycles. The molecule has 0 saturated heterocycles. The molecule has 0 aliphatic carbocycles. The number of benzene rings is 4. The minimum absolute atomic E-state index is 0.0190. The molecule has 0 atom stereocenters. The Kier molecular flexibility index (Phi) is 5.35.